The molecule has 0 aliphatic heterocycles. The second kappa shape index (κ2) is 8.51. The Kier molecular flexibility index (Phi) is 7.02. The predicted molar refractivity (Wildman–Crippen MR) is 87.0 cm³/mol. The van der Waals surface area contributed by atoms with E-state index in [1.807, 2.05) is 26.0 Å². The molecule has 0 unspecified atom stereocenters. The number of carbonyl (C=O) groups is 2. The van der Waals surface area contributed by atoms with E-state index in [1.54, 1.807) is 31.1 Å². The Hall–Kier alpha value is -1.91. The van der Waals surface area contributed by atoms with Gasteiger partial charge in [-0.3, -0.25) is 14.6 Å². The summed E-state index contributed by atoms with van der Waals surface area (Å²) < 4.78 is 0. The Bertz CT molecular complexity index is 480. The molecule has 22 heavy (non-hydrogen) atoms. The maximum Gasteiger partial charge on any atom is 0.237 e. The van der Waals surface area contributed by atoms with Crippen molar-refractivity contribution in [2.45, 2.75) is 47.1 Å². The fourth-order valence-electron chi connectivity index (χ4n) is 2.25. The summed E-state index contributed by atoms with van der Waals surface area (Å²) in [5.41, 5.74) is -0.0947. The Morgan fingerprint density at radius 2 is 1.68 bits per heavy atom. The Balaban J connectivity index is 2.69. The highest BCUT2D eigenvalue weighted by Gasteiger charge is 2.38. The van der Waals surface area contributed by atoms with Crippen LogP contribution in [0.25, 0.3) is 0 Å². The Morgan fingerprint density at radius 3 is 2.18 bits per heavy atom. The van der Waals surface area contributed by atoms with Crippen LogP contribution in [-0.2, 0) is 16.1 Å². The van der Waals surface area contributed by atoms with Gasteiger partial charge in [-0.15, -0.1) is 0 Å². The summed E-state index contributed by atoms with van der Waals surface area (Å²) in [6.07, 6.45) is 5.14. The fourth-order valence-corrected chi connectivity index (χ4v) is 2.25. The number of aromatic nitrogens is 1. The van der Waals surface area contributed by atoms with Crippen LogP contribution in [0.15, 0.2) is 24.5 Å². The molecule has 1 aromatic heterocycles. The van der Waals surface area contributed by atoms with E-state index in [0.717, 1.165) is 18.4 Å². The van der Waals surface area contributed by atoms with E-state index in [4.69, 9.17) is 0 Å². The minimum absolute atomic E-state index is 0.108. The molecule has 0 spiro atoms. The zero-order valence-corrected chi connectivity index (χ0v) is 14.1. The van der Waals surface area contributed by atoms with Crippen molar-refractivity contribution in [3.8, 4) is 0 Å². The number of carbonyl (C=O) groups excluding carboxylic acids is 2. The summed E-state index contributed by atoms with van der Waals surface area (Å²) in [5.74, 6) is -0.352. The average molecular weight is 305 g/mol. The van der Waals surface area contributed by atoms with E-state index in [1.165, 1.54) is 0 Å². The van der Waals surface area contributed by atoms with Gasteiger partial charge in [0.25, 0.3) is 0 Å². The largest absolute Gasteiger partial charge is 0.351 e. The first kappa shape index (κ1) is 18.1. The Morgan fingerprint density at radius 1 is 1.14 bits per heavy atom. The quantitative estimate of drug-likeness (QED) is 0.750. The molecule has 0 aromatic carbocycles. The monoisotopic (exact) mass is 305 g/mol. The molecule has 0 aliphatic carbocycles. The molecule has 5 nitrogen and oxygen atoms in total. The van der Waals surface area contributed by atoms with Crippen molar-refractivity contribution < 1.29 is 9.59 Å². The summed E-state index contributed by atoms with van der Waals surface area (Å²) in [4.78, 5) is 30.8. The van der Waals surface area contributed by atoms with E-state index >= 15 is 0 Å². The summed E-state index contributed by atoms with van der Waals surface area (Å²) in [5, 5.41) is 2.85. The maximum atomic E-state index is 12.7. The van der Waals surface area contributed by atoms with Crippen molar-refractivity contribution in [2.75, 3.05) is 13.1 Å². The topological polar surface area (TPSA) is 62.3 Å². The summed E-state index contributed by atoms with van der Waals surface area (Å²) in [6, 6.07) is 3.69. The van der Waals surface area contributed by atoms with Crippen molar-refractivity contribution in [1.29, 1.82) is 0 Å². The molecule has 1 rings (SSSR count). The van der Waals surface area contributed by atoms with E-state index in [-0.39, 0.29) is 11.8 Å². The van der Waals surface area contributed by atoms with Crippen molar-refractivity contribution in [3.05, 3.63) is 30.1 Å². The minimum Gasteiger partial charge on any atom is -0.351 e. The van der Waals surface area contributed by atoms with Crippen LogP contribution in [0.2, 0.25) is 0 Å². The zero-order valence-electron chi connectivity index (χ0n) is 14.1. The lowest BCUT2D eigenvalue weighted by Gasteiger charge is -2.30. The molecule has 5 heteroatoms. The van der Waals surface area contributed by atoms with Crippen LogP contribution >= 0.6 is 0 Å². The highest BCUT2D eigenvalue weighted by molar-refractivity contribution is 6.04. The SMILES string of the molecule is CCCN(CCC)C(=O)C(C)(C)C(=O)NCc1ccncc1. The van der Waals surface area contributed by atoms with Gasteiger partial charge in [0.15, 0.2) is 0 Å². The number of nitrogens with zero attached hydrogens (tertiary/aromatic N) is 2. The van der Waals surface area contributed by atoms with Crippen LogP contribution in [0, 0.1) is 5.41 Å². The van der Waals surface area contributed by atoms with Gasteiger partial charge in [0.05, 0.1) is 0 Å². The first-order valence-electron chi connectivity index (χ1n) is 7.90. The lowest BCUT2D eigenvalue weighted by atomic mass is 9.90. The number of hydrogen-bond donors (Lipinski definition) is 1. The van der Waals surface area contributed by atoms with Crippen LogP contribution in [-0.4, -0.2) is 34.8 Å². The average Bonchev–Trinajstić information content (AvgIpc) is 2.52. The first-order valence-corrected chi connectivity index (χ1v) is 7.90. The van der Waals surface area contributed by atoms with Gasteiger partial charge in [-0.2, -0.15) is 0 Å². The van der Waals surface area contributed by atoms with Crippen molar-refractivity contribution in [2.24, 2.45) is 5.41 Å². The molecule has 1 heterocycles. The molecule has 0 saturated carbocycles. The number of rotatable bonds is 8. The van der Waals surface area contributed by atoms with Gasteiger partial charge < -0.3 is 10.2 Å². The van der Waals surface area contributed by atoms with E-state index in [0.29, 0.717) is 19.6 Å². The van der Waals surface area contributed by atoms with Gasteiger partial charge >= 0.3 is 0 Å². The number of hydrogen-bond acceptors (Lipinski definition) is 3. The molecule has 0 saturated heterocycles. The lowest BCUT2D eigenvalue weighted by Crippen LogP contribution is -2.49. The van der Waals surface area contributed by atoms with Gasteiger partial charge in [-0.25, -0.2) is 0 Å². The predicted octanol–water partition coefficient (Wildman–Crippen LogP) is 2.37. The molecule has 2 amide bonds. The minimum atomic E-state index is -1.06. The lowest BCUT2D eigenvalue weighted by molar-refractivity contribution is -0.148. The maximum absolute atomic E-state index is 12.7. The molecule has 122 valence electrons. The van der Waals surface area contributed by atoms with E-state index in [9.17, 15) is 9.59 Å². The van der Waals surface area contributed by atoms with Gasteiger partial charge in [0, 0.05) is 32.0 Å². The van der Waals surface area contributed by atoms with Crippen molar-refractivity contribution in [3.63, 3.8) is 0 Å². The summed E-state index contributed by atoms with van der Waals surface area (Å²) in [6.45, 7) is 9.23. The molecular weight excluding hydrogens is 278 g/mol. The summed E-state index contributed by atoms with van der Waals surface area (Å²) >= 11 is 0. The number of pyridine rings is 1. The fraction of sp³-hybridized carbons (Fsp3) is 0.588. The third kappa shape index (κ3) is 4.83. The third-order valence-corrected chi connectivity index (χ3v) is 3.58. The van der Waals surface area contributed by atoms with E-state index < -0.39 is 5.41 Å². The van der Waals surface area contributed by atoms with Gasteiger partial charge in [0.2, 0.25) is 11.8 Å². The molecule has 0 radical (unpaired) electrons. The molecule has 1 aromatic rings. The number of nitrogens with one attached hydrogen (secondary N) is 1. The second-order valence-electron chi connectivity index (χ2n) is 5.96. The molecule has 0 bridgehead atoms. The first-order chi connectivity index (χ1) is 10.4. The van der Waals surface area contributed by atoms with Crippen LogP contribution in [0.1, 0.15) is 46.1 Å². The highest BCUT2D eigenvalue weighted by atomic mass is 16.2. The molecular formula is C17H27N3O2. The van der Waals surface area contributed by atoms with Crippen LogP contribution in [0.3, 0.4) is 0 Å². The smallest absolute Gasteiger partial charge is 0.237 e. The van der Waals surface area contributed by atoms with Gasteiger partial charge in [-0.1, -0.05) is 13.8 Å². The van der Waals surface area contributed by atoms with Crippen LogP contribution < -0.4 is 5.32 Å². The normalized spacial score (nSPS) is 11.1. The second-order valence-corrected chi connectivity index (χ2v) is 5.96. The highest BCUT2D eigenvalue weighted by Crippen LogP contribution is 2.20. The number of amides is 2. The summed E-state index contributed by atoms with van der Waals surface area (Å²) in [7, 11) is 0. The molecule has 0 fully saturated rings. The van der Waals surface area contributed by atoms with E-state index in [2.05, 4.69) is 10.3 Å². The van der Waals surface area contributed by atoms with Crippen molar-refractivity contribution in [1.82, 2.24) is 15.2 Å². The van der Waals surface area contributed by atoms with Crippen LogP contribution in [0.4, 0.5) is 0 Å². The third-order valence-electron chi connectivity index (χ3n) is 3.58. The zero-order chi connectivity index (χ0) is 16.6. The Labute approximate surface area is 133 Å². The van der Waals surface area contributed by atoms with Gasteiger partial charge in [-0.05, 0) is 44.4 Å². The van der Waals surface area contributed by atoms with Crippen molar-refractivity contribution >= 4 is 11.8 Å². The standard InChI is InChI=1S/C17H27N3O2/c1-5-11-20(12-6-2)16(22)17(3,4)15(21)19-13-14-7-9-18-10-8-14/h7-10H,5-6,11-13H2,1-4H3,(H,19,21). The van der Waals surface area contributed by atoms with Gasteiger partial charge in [0.1, 0.15) is 5.41 Å². The van der Waals surface area contributed by atoms with Crippen LogP contribution in [0.5, 0.6) is 0 Å². The molecule has 0 aliphatic rings. The molecule has 1 N–H and O–H groups in total. The molecule has 0 atom stereocenters.